The fourth-order valence-electron chi connectivity index (χ4n) is 2.29. The minimum Gasteiger partial charge on any atom is -0.495 e. The normalized spacial score (nSPS) is 10.9. The molecular formula is C17H12Cl3NO2S. The summed E-state index contributed by atoms with van der Waals surface area (Å²) in [4.78, 5) is 13.0. The molecule has 0 bridgehead atoms. The van der Waals surface area contributed by atoms with Gasteiger partial charge >= 0.3 is 0 Å². The first kappa shape index (κ1) is 17.4. The summed E-state index contributed by atoms with van der Waals surface area (Å²) in [6.45, 7) is 1.89. The molecule has 0 saturated carbocycles. The molecule has 3 rings (SSSR count). The van der Waals surface area contributed by atoms with E-state index in [2.05, 4.69) is 5.32 Å². The molecule has 0 saturated heterocycles. The van der Waals surface area contributed by atoms with E-state index in [-0.39, 0.29) is 5.91 Å². The molecular weight excluding hydrogens is 389 g/mol. The Morgan fingerprint density at radius 1 is 1.12 bits per heavy atom. The van der Waals surface area contributed by atoms with Crippen molar-refractivity contribution >= 4 is 67.8 Å². The summed E-state index contributed by atoms with van der Waals surface area (Å²) in [5.74, 6) is 0.237. The number of carbonyl (C=O) groups is 1. The van der Waals surface area contributed by atoms with Crippen LogP contribution in [0.25, 0.3) is 10.1 Å². The maximum atomic E-state index is 12.6. The van der Waals surface area contributed by atoms with E-state index in [0.717, 1.165) is 10.9 Å². The second-order valence-corrected chi connectivity index (χ2v) is 7.33. The molecule has 0 atom stereocenters. The number of hydrogen-bond donors (Lipinski definition) is 1. The quantitative estimate of drug-likeness (QED) is 0.550. The summed E-state index contributed by atoms with van der Waals surface area (Å²) in [6, 6.07) is 8.83. The number of fused-ring (bicyclic) bond motifs is 1. The van der Waals surface area contributed by atoms with Gasteiger partial charge in [-0.05, 0) is 36.8 Å². The molecule has 3 aromatic rings. The zero-order valence-corrected chi connectivity index (χ0v) is 15.8. The predicted molar refractivity (Wildman–Crippen MR) is 103 cm³/mol. The topological polar surface area (TPSA) is 38.3 Å². The van der Waals surface area contributed by atoms with E-state index in [4.69, 9.17) is 39.5 Å². The van der Waals surface area contributed by atoms with E-state index in [9.17, 15) is 4.79 Å². The number of ether oxygens (including phenoxy) is 1. The van der Waals surface area contributed by atoms with Crippen LogP contribution in [0.1, 0.15) is 15.2 Å². The molecule has 1 aromatic heterocycles. The van der Waals surface area contributed by atoms with Crippen LogP contribution < -0.4 is 10.1 Å². The number of halogens is 3. The van der Waals surface area contributed by atoms with E-state index in [1.54, 1.807) is 24.3 Å². The Hall–Kier alpha value is -1.46. The van der Waals surface area contributed by atoms with Crippen molar-refractivity contribution in [2.45, 2.75) is 6.92 Å². The molecule has 0 aliphatic carbocycles. The molecule has 0 aliphatic rings. The Morgan fingerprint density at radius 3 is 2.58 bits per heavy atom. The summed E-state index contributed by atoms with van der Waals surface area (Å²) < 4.78 is 5.92. The van der Waals surface area contributed by atoms with Crippen molar-refractivity contribution in [2.75, 3.05) is 12.4 Å². The van der Waals surface area contributed by atoms with Crippen LogP contribution in [-0.2, 0) is 0 Å². The van der Waals surface area contributed by atoms with Crippen LogP contribution in [0, 0.1) is 6.92 Å². The third-order valence-electron chi connectivity index (χ3n) is 3.58. The summed E-state index contributed by atoms with van der Waals surface area (Å²) in [5, 5.41) is 4.93. The van der Waals surface area contributed by atoms with Crippen LogP contribution in [-0.4, -0.2) is 13.0 Å². The van der Waals surface area contributed by atoms with Crippen molar-refractivity contribution in [3.63, 3.8) is 0 Å². The van der Waals surface area contributed by atoms with Gasteiger partial charge in [-0.3, -0.25) is 4.79 Å². The maximum absolute atomic E-state index is 12.6. The zero-order chi connectivity index (χ0) is 17.4. The molecule has 24 heavy (non-hydrogen) atoms. The molecule has 2 aromatic carbocycles. The number of anilines is 1. The van der Waals surface area contributed by atoms with Gasteiger partial charge < -0.3 is 10.1 Å². The molecule has 0 radical (unpaired) electrons. The smallest absolute Gasteiger partial charge is 0.267 e. The first-order valence-corrected chi connectivity index (χ1v) is 8.89. The largest absolute Gasteiger partial charge is 0.495 e. The first-order valence-electron chi connectivity index (χ1n) is 6.94. The lowest BCUT2D eigenvalue weighted by atomic mass is 10.2. The van der Waals surface area contributed by atoms with Crippen molar-refractivity contribution in [3.05, 3.63) is 55.8 Å². The number of nitrogens with one attached hydrogen (secondary N) is 1. The third kappa shape index (κ3) is 3.07. The Balaban J connectivity index is 2.02. The summed E-state index contributed by atoms with van der Waals surface area (Å²) in [5.41, 5.74) is 1.55. The van der Waals surface area contributed by atoms with Gasteiger partial charge in [0.2, 0.25) is 0 Å². The van der Waals surface area contributed by atoms with Gasteiger partial charge in [0, 0.05) is 16.1 Å². The van der Waals surface area contributed by atoms with E-state index in [0.29, 0.717) is 36.1 Å². The van der Waals surface area contributed by atoms with E-state index >= 15 is 0 Å². The molecule has 0 aliphatic heterocycles. The van der Waals surface area contributed by atoms with Gasteiger partial charge in [-0.15, -0.1) is 11.3 Å². The lowest BCUT2D eigenvalue weighted by Gasteiger charge is -2.08. The van der Waals surface area contributed by atoms with Crippen molar-refractivity contribution in [3.8, 4) is 5.75 Å². The van der Waals surface area contributed by atoms with Gasteiger partial charge in [-0.25, -0.2) is 0 Å². The SMILES string of the molecule is COc1ccc2c(Cl)c(C(=O)Nc3cc(Cl)ccc3C)sc2c1Cl. The lowest BCUT2D eigenvalue weighted by Crippen LogP contribution is -2.11. The maximum Gasteiger partial charge on any atom is 0.267 e. The molecule has 1 heterocycles. The van der Waals surface area contributed by atoms with E-state index < -0.39 is 0 Å². The molecule has 0 spiro atoms. The Morgan fingerprint density at radius 2 is 1.88 bits per heavy atom. The van der Waals surface area contributed by atoms with Gasteiger partial charge in [0.25, 0.3) is 5.91 Å². The van der Waals surface area contributed by atoms with Gasteiger partial charge in [-0.2, -0.15) is 0 Å². The monoisotopic (exact) mass is 399 g/mol. The van der Waals surface area contributed by atoms with Gasteiger partial charge in [0.05, 0.1) is 16.8 Å². The van der Waals surface area contributed by atoms with Crippen LogP contribution in [0.3, 0.4) is 0 Å². The van der Waals surface area contributed by atoms with Gasteiger partial charge in [0.1, 0.15) is 15.6 Å². The molecule has 124 valence electrons. The van der Waals surface area contributed by atoms with Crippen LogP contribution in [0.4, 0.5) is 5.69 Å². The summed E-state index contributed by atoms with van der Waals surface area (Å²) in [6.07, 6.45) is 0. The predicted octanol–water partition coefficient (Wildman–Crippen LogP) is 6.43. The van der Waals surface area contributed by atoms with E-state index in [1.807, 2.05) is 13.0 Å². The Bertz CT molecular complexity index is 953. The summed E-state index contributed by atoms with van der Waals surface area (Å²) in [7, 11) is 1.54. The third-order valence-corrected chi connectivity index (χ3v) is 6.02. The fraction of sp³-hybridized carbons (Fsp3) is 0.118. The van der Waals surface area contributed by atoms with Crippen molar-refractivity contribution < 1.29 is 9.53 Å². The fourth-order valence-corrected chi connectivity index (χ4v) is 4.25. The molecule has 1 amide bonds. The molecule has 3 nitrogen and oxygen atoms in total. The highest BCUT2D eigenvalue weighted by atomic mass is 35.5. The van der Waals surface area contributed by atoms with Crippen molar-refractivity contribution in [1.82, 2.24) is 0 Å². The zero-order valence-electron chi connectivity index (χ0n) is 12.7. The molecule has 7 heteroatoms. The number of benzene rings is 2. The number of methoxy groups -OCH3 is 1. The lowest BCUT2D eigenvalue weighted by molar-refractivity contribution is 0.103. The standard InChI is InChI=1S/C17H12Cl3NO2S/c1-8-3-4-9(18)7-11(8)21-17(22)16-13(19)10-5-6-12(23-2)14(20)15(10)24-16/h3-7H,1-2H3,(H,21,22). The average Bonchev–Trinajstić information content (AvgIpc) is 2.89. The van der Waals surface area contributed by atoms with Crippen LogP contribution in [0.15, 0.2) is 30.3 Å². The van der Waals surface area contributed by atoms with Gasteiger partial charge in [-0.1, -0.05) is 40.9 Å². The number of hydrogen-bond acceptors (Lipinski definition) is 3. The van der Waals surface area contributed by atoms with Crippen molar-refractivity contribution in [1.29, 1.82) is 0 Å². The van der Waals surface area contributed by atoms with Crippen LogP contribution in [0.5, 0.6) is 5.75 Å². The number of amides is 1. The highest BCUT2D eigenvalue weighted by molar-refractivity contribution is 7.22. The summed E-state index contributed by atoms with van der Waals surface area (Å²) >= 11 is 19.9. The molecule has 0 fully saturated rings. The highest BCUT2D eigenvalue weighted by Gasteiger charge is 2.20. The highest BCUT2D eigenvalue weighted by Crippen LogP contribution is 2.43. The Kier molecular flexibility index (Phi) is 4.92. The minimum absolute atomic E-state index is 0.304. The van der Waals surface area contributed by atoms with E-state index in [1.165, 1.54) is 18.4 Å². The molecule has 1 N–H and O–H groups in total. The first-order chi connectivity index (χ1) is 11.4. The number of thiophene rings is 1. The number of rotatable bonds is 3. The Labute approximate surface area is 158 Å². The minimum atomic E-state index is -0.304. The number of carbonyl (C=O) groups excluding carboxylic acids is 1. The van der Waals surface area contributed by atoms with Crippen molar-refractivity contribution in [2.24, 2.45) is 0 Å². The molecule has 0 unspecified atom stereocenters. The number of aryl methyl sites for hydroxylation is 1. The second-order valence-electron chi connectivity index (χ2n) is 5.12. The second kappa shape index (κ2) is 6.81. The van der Waals surface area contributed by atoms with Crippen LogP contribution in [0.2, 0.25) is 15.1 Å². The van der Waals surface area contributed by atoms with Gasteiger partial charge in [0.15, 0.2) is 0 Å². The average molecular weight is 401 g/mol. The van der Waals surface area contributed by atoms with Crippen LogP contribution >= 0.6 is 46.1 Å².